The summed E-state index contributed by atoms with van der Waals surface area (Å²) >= 11 is 0. The van der Waals surface area contributed by atoms with Crippen LogP contribution in [-0.2, 0) is 4.74 Å². The molecule has 4 rings (SSSR count). The molecule has 0 aromatic heterocycles. The topological polar surface area (TPSA) is 24.5 Å². The van der Waals surface area contributed by atoms with Gasteiger partial charge in [-0.1, -0.05) is 12.8 Å². The summed E-state index contributed by atoms with van der Waals surface area (Å²) in [6, 6.07) is 0.830. The third-order valence-corrected chi connectivity index (χ3v) is 6.61. The van der Waals surface area contributed by atoms with Crippen molar-refractivity contribution in [3.05, 3.63) is 0 Å². The normalized spacial score (nSPS) is 37.7. The van der Waals surface area contributed by atoms with Crippen LogP contribution in [0.5, 0.6) is 0 Å². The van der Waals surface area contributed by atoms with Crippen LogP contribution in [0.3, 0.4) is 0 Å². The minimum Gasteiger partial charge on any atom is -0.370 e. The van der Waals surface area contributed by atoms with Crippen molar-refractivity contribution in [2.75, 3.05) is 26.2 Å². The average molecular weight is 292 g/mol. The molecule has 4 fully saturated rings. The number of nitrogens with zero attached hydrogens (tertiary/aromatic N) is 1. The molecule has 3 saturated heterocycles. The van der Waals surface area contributed by atoms with Crippen LogP contribution < -0.4 is 5.32 Å². The molecule has 120 valence electrons. The first kappa shape index (κ1) is 14.5. The van der Waals surface area contributed by atoms with Crippen LogP contribution in [0.15, 0.2) is 0 Å². The maximum atomic E-state index is 6.49. The lowest BCUT2D eigenvalue weighted by Gasteiger charge is -2.36. The van der Waals surface area contributed by atoms with Gasteiger partial charge in [0.1, 0.15) is 0 Å². The fourth-order valence-electron chi connectivity index (χ4n) is 5.35. The largest absolute Gasteiger partial charge is 0.370 e. The predicted octanol–water partition coefficient (Wildman–Crippen LogP) is 2.94. The van der Waals surface area contributed by atoms with E-state index in [4.69, 9.17) is 4.74 Å². The second-order valence-corrected chi connectivity index (χ2v) is 8.01. The van der Waals surface area contributed by atoms with Crippen molar-refractivity contribution in [2.24, 2.45) is 5.92 Å². The Labute approximate surface area is 129 Å². The lowest BCUT2D eigenvalue weighted by molar-refractivity contribution is -0.0502. The highest BCUT2D eigenvalue weighted by molar-refractivity contribution is 4.94. The Morgan fingerprint density at radius 1 is 0.952 bits per heavy atom. The number of hydrogen-bond acceptors (Lipinski definition) is 3. The maximum absolute atomic E-state index is 6.49. The Morgan fingerprint density at radius 2 is 1.76 bits per heavy atom. The molecule has 1 aliphatic carbocycles. The molecule has 0 amide bonds. The SMILES string of the molecule is C1CNC(C2CCN(CC3CCC4(CCCC4)O3)CC2)C1. The van der Waals surface area contributed by atoms with E-state index < -0.39 is 0 Å². The Hall–Kier alpha value is -0.120. The van der Waals surface area contributed by atoms with Gasteiger partial charge in [0.2, 0.25) is 0 Å². The van der Waals surface area contributed by atoms with E-state index in [9.17, 15) is 0 Å². The monoisotopic (exact) mass is 292 g/mol. The van der Waals surface area contributed by atoms with Gasteiger partial charge in [-0.25, -0.2) is 0 Å². The first-order valence-electron chi connectivity index (χ1n) is 9.47. The summed E-state index contributed by atoms with van der Waals surface area (Å²) in [6.07, 6.45) is 14.2. The Morgan fingerprint density at radius 3 is 2.48 bits per heavy atom. The third kappa shape index (κ3) is 3.16. The van der Waals surface area contributed by atoms with Crippen molar-refractivity contribution < 1.29 is 4.74 Å². The molecule has 1 spiro atoms. The van der Waals surface area contributed by atoms with Gasteiger partial charge in [-0.2, -0.15) is 0 Å². The third-order valence-electron chi connectivity index (χ3n) is 6.61. The zero-order valence-electron chi connectivity index (χ0n) is 13.5. The number of piperidine rings is 1. The van der Waals surface area contributed by atoms with E-state index in [1.54, 1.807) is 0 Å². The van der Waals surface area contributed by atoms with Gasteiger partial charge in [0.05, 0.1) is 11.7 Å². The van der Waals surface area contributed by atoms with E-state index in [0.717, 1.165) is 12.0 Å². The Balaban J connectivity index is 1.22. The van der Waals surface area contributed by atoms with E-state index in [-0.39, 0.29) is 0 Å². The second-order valence-electron chi connectivity index (χ2n) is 8.01. The molecule has 0 radical (unpaired) electrons. The molecule has 3 heteroatoms. The summed E-state index contributed by atoms with van der Waals surface area (Å²) in [5.74, 6) is 0.939. The average Bonchev–Trinajstić information content (AvgIpc) is 3.25. The van der Waals surface area contributed by atoms with E-state index in [2.05, 4.69) is 10.2 Å². The highest BCUT2D eigenvalue weighted by atomic mass is 16.5. The van der Waals surface area contributed by atoms with Gasteiger partial charge < -0.3 is 15.0 Å². The molecule has 2 atom stereocenters. The summed E-state index contributed by atoms with van der Waals surface area (Å²) < 4.78 is 6.49. The molecule has 0 aromatic carbocycles. The summed E-state index contributed by atoms with van der Waals surface area (Å²) in [4.78, 5) is 2.68. The molecule has 2 unspecified atom stereocenters. The van der Waals surface area contributed by atoms with E-state index in [0.29, 0.717) is 11.7 Å². The maximum Gasteiger partial charge on any atom is 0.0710 e. The quantitative estimate of drug-likeness (QED) is 0.865. The first-order chi connectivity index (χ1) is 10.3. The first-order valence-corrected chi connectivity index (χ1v) is 9.47. The second kappa shape index (κ2) is 6.17. The summed E-state index contributed by atoms with van der Waals surface area (Å²) in [5, 5.41) is 3.70. The van der Waals surface area contributed by atoms with Crippen molar-refractivity contribution in [1.82, 2.24) is 10.2 Å². The van der Waals surface area contributed by atoms with Crippen LogP contribution in [0.25, 0.3) is 0 Å². The fraction of sp³-hybridized carbons (Fsp3) is 1.00. The molecule has 3 nitrogen and oxygen atoms in total. The van der Waals surface area contributed by atoms with E-state index in [1.165, 1.54) is 90.4 Å². The summed E-state index contributed by atoms with van der Waals surface area (Å²) in [5.41, 5.74) is 0.316. The highest BCUT2D eigenvalue weighted by Crippen LogP contribution is 2.43. The lowest BCUT2D eigenvalue weighted by Crippen LogP contribution is -2.43. The molecular weight excluding hydrogens is 260 g/mol. The van der Waals surface area contributed by atoms with Crippen LogP contribution >= 0.6 is 0 Å². The van der Waals surface area contributed by atoms with Gasteiger partial charge in [-0.3, -0.25) is 0 Å². The summed E-state index contributed by atoms with van der Waals surface area (Å²) in [7, 11) is 0. The molecular formula is C18H32N2O. The van der Waals surface area contributed by atoms with Gasteiger partial charge in [-0.15, -0.1) is 0 Å². The molecule has 1 N–H and O–H groups in total. The smallest absolute Gasteiger partial charge is 0.0710 e. The van der Waals surface area contributed by atoms with Crippen molar-refractivity contribution >= 4 is 0 Å². The van der Waals surface area contributed by atoms with E-state index >= 15 is 0 Å². The van der Waals surface area contributed by atoms with Crippen molar-refractivity contribution in [3.8, 4) is 0 Å². The van der Waals surface area contributed by atoms with Crippen molar-refractivity contribution in [1.29, 1.82) is 0 Å². The molecule has 0 bridgehead atoms. The van der Waals surface area contributed by atoms with Gasteiger partial charge in [0.25, 0.3) is 0 Å². The Kier molecular flexibility index (Phi) is 4.25. The van der Waals surface area contributed by atoms with Crippen LogP contribution in [0, 0.1) is 5.92 Å². The predicted molar refractivity (Wildman–Crippen MR) is 85.5 cm³/mol. The fourth-order valence-corrected chi connectivity index (χ4v) is 5.35. The number of likely N-dealkylation sites (tertiary alicyclic amines) is 1. The Bertz CT molecular complexity index is 339. The molecule has 1 saturated carbocycles. The number of nitrogens with one attached hydrogen (secondary N) is 1. The van der Waals surface area contributed by atoms with Crippen molar-refractivity contribution in [3.63, 3.8) is 0 Å². The highest BCUT2D eigenvalue weighted by Gasteiger charge is 2.42. The minimum atomic E-state index is 0.316. The van der Waals surface area contributed by atoms with Gasteiger partial charge >= 0.3 is 0 Å². The molecule has 0 aromatic rings. The number of rotatable bonds is 3. The molecule has 21 heavy (non-hydrogen) atoms. The summed E-state index contributed by atoms with van der Waals surface area (Å²) in [6.45, 7) is 5.06. The number of hydrogen-bond donors (Lipinski definition) is 1. The molecule has 3 aliphatic heterocycles. The lowest BCUT2D eigenvalue weighted by atomic mass is 9.88. The van der Waals surface area contributed by atoms with E-state index in [1.807, 2.05) is 0 Å². The molecule has 3 heterocycles. The number of ether oxygens (including phenoxy) is 1. The van der Waals surface area contributed by atoms with Crippen LogP contribution in [0.4, 0.5) is 0 Å². The van der Waals surface area contributed by atoms with Gasteiger partial charge in [0.15, 0.2) is 0 Å². The van der Waals surface area contributed by atoms with Crippen LogP contribution in [0.1, 0.15) is 64.2 Å². The van der Waals surface area contributed by atoms with Gasteiger partial charge in [-0.05, 0) is 76.9 Å². The van der Waals surface area contributed by atoms with Crippen LogP contribution in [-0.4, -0.2) is 48.8 Å². The zero-order valence-corrected chi connectivity index (χ0v) is 13.5. The standard InChI is InChI=1S/C18H32N2O/c1-2-9-18(8-1)10-5-16(21-18)14-20-12-6-15(7-13-20)17-4-3-11-19-17/h15-17,19H,1-14H2. The zero-order chi connectivity index (χ0) is 14.1. The minimum absolute atomic E-state index is 0.316. The van der Waals surface area contributed by atoms with Crippen molar-refractivity contribution in [2.45, 2.75) is 82.0 Å². The van der Waals surface area contributed by atoms with Gasteiger partial charge in [0, 0.05) is 12.6 Å². The van der Waals surface area contributed by atoms with Crippen LogP contribution in [0.2, 0.25) is 0 Å². The molecule has 4 aliphatic rings.